The van der Waals surface area contributed by atoms with Crippen molar-refractivity contribution in [3.8, 4) is 5.75 Å². The van der Waals surface area contributed by atoms with E-state index in [1.54, 1.807) is 12.1 Å². The number of carboxylic acid groups (broad SMARTS) is 1. The summed E-state index contributed by atoms with van der Waals surface area (Å²) in [7, 11) is 1.41. The molecule has 0 aliphatic heterocycles. The zero-order valence-electron chi connectivity index (χ0n) is 17.9. The first-order chi connectivity index (χ1) is 14.9. The standard InChI is InChI=1S/C24H29NO6/c1-17(21(26)15-19-11-12-22(30-2)20(14-19)23(27)28)8-6-7-13-25-24(29)31-16-18-9-4-3-5-10-18/h3-5,9-12,14,17H,6-8,13,15-16H2,1-2H3,(H,25,29)(H,27,28)/t17-/m0/s1. The summed E-state index contributed by atoms with van der Waals surface area (Å²) in [4.78, 5) is 35.5. The van der Waals surface area contributed by atoms with Crippen molar-refractivity contribution in [3.63, 3.8) is 0 Å². The maximum atomic E-state index is 12.5. The van der Waals surface area contributed by atoms with Gasteiger partial charge in [0.25, 0.3) is 0 Å². The van der Waals surface area contributed by atoms with E-state index in [1.165, 1.54) is 13.2 Å². The van der Waals surface area contributed by atoms with E-state index < -0.39 is 12.1 Å². The number of benzene rings is 2. The lowest BCUT2D eigenvalue weighted by atomic mass is 9.94. The first-order valence-corrected chi connectivity index (χ1v) is 10.3. The lowest BCUT2D eigenvalue weighted by Crippen LogP contribution is -2.25. The largest absolute Gasteiger partial charge is 0.496 e. The van der Waals surface area contributed by atoms with Crippen molar-refractivity contribution in [3.05, 3.63) is 65.2 Å². The van der Waals surface area contributed by atoms with Gasteiger partial charge < -0.3 is 19.9 Å². The smallest absolute Gasteiger partial charge is 0.407 e. The van der Waals surface area contributed by atoms with Gasteiger partial charge in [-0.3, -0.25) is 4.79 Å². The number of carbonyl (C=O) groups is 3. The quantitative estimate of drug-likeness (QED) is 0.491. The third kappa shape index (κ3) is 8.12. The molecule has 0 saturated carbocycles. The van der Waals surface area contributed by atoms with Gasteiger partial charge in [0.2, 0.25) is 0 Å². The predicted octanol–water partition coefficient (Wildman–Crippen LogP) is 4.24. The first-order valence-electron chi connectivity index (χ1n) is 10.3. The number of carboxylic acids is 1. The van der Waals surface area contributed by atoms with Crippen molar-refractivity contribution < 1.29 is 29.0 Å². The summed E-state index contributed by atoms with van der Waals surface area (Å²) in [5.41, 5.74) is 1.63. The van der Waals surface area contributed by atoms with Gasteiger partial charge in [-0.25, -0.2) is 9.59 Å². The highest BCUT2D eigenvalue weighted by atomic mass is 16.5. The van der Waals surface area contributed by atoms with Crippen LogP contribution in [0.15, 0.2) is 48.5 Å². The lowest BCUT2D eigenvalue weighted by Gasteiger charge is -2.12. The highest BCUT2D eigenvalue weighted by Gasteiger charge is 2.16. The number of rotatable bonds is 12. The molecule has 0 aliphatic rings. The van der Waals surface area contributed by atoms with Gasteiger partial charge in [0.05, 0.1) is 7.11 Å². The molecule has 0 radical (unpaired) electrons. The Hall–Kier alpha value is -3.35. The van der Waals surface area contributed by atoms with Crippen molar-refractivity contribution in [1.82, 2.24) is 5.32 Å². The van der Waals surface area contributed by atoms with Crippen LogP contribution in [-0.2, 0) is 22.6 Å². The molecule has 1 amide bonds. The summed E-state index contributed by atoms with van der Waals surface area (Å²) in [6, 6.07) is 14.2. The molecule has 0 unspecified atom stereocenters. The normalized spacial score (nSPS) is 11.4. The molecule has 7 nitrogen and oxygen atoms in total. The molecule has 2 aromatic rings. The zero-order valence-corrected chi connectivity index (χ0v) is 17.9. The molecule has 166 valence electrons. The molecular formula is C24H29NO6. The van der Waals surface area contributed by atoms with E-state index in [0.29, 0.717) is 18.5 Å². The van der Waals surface area contributed by atoms with E-state index in [4.69, 9.17) is 9.47 Å². The SMILES string of the molecule is COc1ccc(CC(=O)[C@@H](C)CCCCNC(=O)OCc2ccccc2)cc1C(=O)O. The van der Waals surface area contributed by atoms with Crippen LogP contribution in [0, 0.1) is 5.92 Å². The maximum Gasteiger partial charge on any atom is 0.407 e. The fraction of sp³-hybridized carbons (Fsp3) is 0.375. The number of alkyl carbamates (subject to hydrolysis) is 1. The van der Waals surface area contributed by atoms with E-state index in [0.717, 1.165) is 18.4 Å². The van der Waals surface area contributed by atoms with Gasteiger partial charge in [0.1, 0.15) is 23.7 Å². The fourth-order valence-electron chi connectivity index (χ4n) is 3.11. The average Bonchev–Trinajstić information content (AvgIpc) is 2.77. The van der Waals surface area contributed by atoms with Crippen LogP contribution in [0.1, 0.15) is 47.7 Å². The highest BCUT2D eigenvalue weighted by molar-refractivity contribution is 5.91. The number of Topliss-reactive ketones (excluding diaryl/α,β-unsaturated/α-hetero) is 1. The van der Waals surface area contributed by atoms with Gasteiger partial charge in [0.15, 0.2) is 0 Å². The Balaban J connectivity index is 1.66. The van der Waals surface area contributed by atoms with Crippen LogP contribution in [-0.4, -0.2) is 36.6 Å². The molecule has 0 heterocycles. The van der Waals surface area contributed by atoms with Crippen molar-refractivity contribution >= 4 is 17.8 Å². The second-order valence-electron chi connectivity index (χ2n) is 7.37. The van der Waals surface area contributed by atoms with Crippen LogP contribution < -0.4 is 10.1 Å². The molecule has 2 N–H and O–H groups in total. The van der Waals surface area contributed by atoms with Gasteiger partial charge in [-0.15, -0.1) is 0 Å². The van der Waals surface area contributed by atoms with Crippen LogP contribution >= 0.6 is 0 Å². The monoisotopic (exact) mass is 427 g/mol. The molecule has 2 aromatic carbocycles. The fourth-order valence-corrected chi connectivity index (χ4v) is 3.11. The summed E-state index contributed by atoms with van der Waals surface area (Å²) in [5, 5.41) is 12.0. The van der Waals surface area contributed by atoms with Crippen LogP contribution in [0.3, 0.4) is 0 Å². The summed E-state index contributed by atoms with van der Waals surface area (Å²) in [6.07, 6.45) is 1.94. The highest BCUT2D eigenvalue weighted by Crippen LogP contribution is 2.21. The minimum absolute atomic E-state index is 0.0469. The number of methoxy groups -OCH3 is 1. The second-order valence-corrected chi connectivity index (χ2v) is 7.37. The van der Waals surface area contributed by atoms with Crippen molar-refractivity contribution in [2.45, 2.75) is 39.2 Å². The second kappa shape index (κ2) is 12.4. The number of hydrogen-bond acceptors (Lipinski definition) is 5. The molecule has 1 atom stereocenters. The number of ketones is 1. The van der Waals surface area contributed by atoms with E-state index in [2.05, 4.69) is 5.32 Å². The van der Waals surface area contributed by atoms with E-state index in [1.807, 2.05) is 37.3 Å². The number of nitrogens with one attached hydrogen (secondary N) is 1. The molecule has 2 rings (SSSR count). The molecule has 31 heavy (non-hydrogen) atoms. The van der Waals surface area contributed by atoms with Crippen LogP contribution in [0.4, 0.5) is 4.79 Å². The van der Waals surface area contributed by atoms with Crippen LogP contribution in [0.5, 0.6) is 5.75 Å². The summed E-state index contributed by atoms with van der Waals surface area (Å²) in [6.45, 7) is 2.58. The van der Waals surface area contributed by atoms with Gasteiger partial charge in [-0.1, -0.05) is 49.7 Å². The Morgan fingerprint density at radius 3 is 2.45 bits per heavy atom. The number of carbonyl (C=O) groups excluding carboxylic acids is 2. The van der Waals surface area contributed by atoms with E-state index in [-0.39, 0.29) is 36.0 Å². The molecule has 0 aliphatic carbocycles. The van der Waals surface area contributed by atoms with Crippen molar-refractivity contribution in [2.24, 2.45) is 5.92 Å². The minimum Gasteiger partial charge on any atom is -0.496 e. The number of ether oxygens (including phenoxy) is 2. The third-order valence-corrected chi connectivity index (χ3v) is 4.97. The number of aromatic carboxylic acids is 1. The third-order valence-electron chi connectivity index (χ3n) is 4.97. The summed E-state index contributed by atoms with van der Waals surface area (Å²) in [5.74, 6) is -0.919. The molecule has 7 heteroatoms. The molecule has 0 aromatic heterocycles. The molecule has 0 bridgehead atoms. The maximum absolute atomic E-state index is 12.5. The van der Waals surface area contributed by atoms with E-state index >= 15 is 0 Å². The Morgan fingerprint density at radius 1 is 1.03 bits per heavy atom. The summed E-state index contributed by atoms with van der Waals surface area (Å²) >= 11 is 0. The van der Waals surface area contributed by atoms with Crippen LogP contribution in [0.2, 0.25) is 0 Å². The Bertz CT molecular complexity index is 881. The van der Waals surface area contributed by atoms with Gasteiger partial charge >= 0.3 is 12.1 Å². The first kappa shape index (κ1) is 23.9. The molecule has 0 fully saturated rings. The molecule has 0 spiro atoms. The Morgan fingerprint density at radius 2 is 1.77 bits per heavy atom. The minimum atomic E-state index is -1.09. The van der Waals surface area contributed by atoms with Crippen molar-refractivity contribution in [1.29, 1.82) is 0 Å². The van der Waals surface area contributed by atoms with Gasteiger partial charge in [-0.05, 0) is 36.1 Å². The number of unbranched alkanes of at least 4 members (excludes halogenated alkanes) is 1. The van der Waals surface area contributed by atoms with Crippen molar-refractivity contribution in [2.75, 3.05) is 13.7 Å². The number of amides is 1. The molecule has 0 saturated heterocycles. The number of hydrogen-bond donors (Lipinski definition) is 2. The zero-order chi connectivity index (χ0) is 22.6. The van der Waals surface area contributed by atoms with Gasteiger partial charge in [-0.2, -0.15) is 0 Å². The predicted molar refractivity (Wildman–Crippen MR) is 116 cm³/mol. The Labute approximate surface area is 182 Å². The lowest BCUT2D eigenvalue weighted by molar-refractivity contribution is -0.121. The summed E-state index contributed by atoms with van der Waals surface area (Å²) < 4.78 is 10.2. The van der Waals surface area contributed by atoms with E-state index in [9.17, 15) is 19.5 Å². The average molecular weight is 427 g/mol. The Kier molecular flexibility index (Phi) is 9.55. The van der Waals surface area contributed by atoms with Gasteiger partial charge in [0, 0.05) is 18.9 Å². The topological polar surface area (TPSA) is 102 Å². The molecular weight excluding hydrogens is 398 g/mol. The van der Waals surface area contributed by atoms with Crippen LogP contribution in [0.25, 0.3) is 0 Å².